The number of carbonyl (C=O) groups is 2. The molecular formula is C18H23NO5. The predicted molar refractivity (Wildman–Crippen MR) is 88.5 cm³/mol. The summed E-state index contributed by atoms with van der Waals surface area (Å²) in [5.74, 6) is -0.964. The zero-order valence-corrected chi connectivity index (χ0v) is 14.1. The lowest BCUT2D eigenvalue weighted by Crippen LogP contribution is -2.43. The van der Waals surface area contributed by atoms with Crippen LogP contribution in [0.1, 0.15) is 44.6 Å². The molecule has 0 amide bonds. The molecule has 1 atom stereocenters. The number of benzene rings is 1. The van der Waals surface area contributed by atoms with Gasteiger partial charge in [-0.25, -0.2) is 0 Å². The molecule has 0 bridgehead atoms. The zero-order chi connectivity index (χ0) is 17.7. The second kappa shape index (κ2) is 7.55. The van der Waals surface area contributed by atoms with E-state index in [1.54, 1.807) is 25.1 Å². The standard InChI is InChI=1S/C18H23NO5/c1-18(17(21)24-2,16(20)13-8-4-3-5-9-13)12-14-10-6-7-11-15(14)19(22)23/h6-7,10-11,13H,3-5,8-9,12H2,1-2H3. The van der Waals surface area contributed by atoms with Crippen LogP contribution in [0, 0.1) is 21.4 Å². The molecule has 0 N–H and O–H groups in total. The minimum absolute atomic E-state index is 0.0217. The number of esters is 1. The van der Waals surface area contributed by atoms with Crippen molar-refractivity contribution in [3.8, 4) is 0 Å². The van der Waals surface area contributed by atoms with Gasteiger partial charge < -0.3 is 4.74 Å². The van der Waals surface area contributed by atoms with E-state index in [0.29, 0.717) is 5.56 Å². The van der Waals surface area contributed by atoms with Gasteiger partial charge >= 0.3 is 5.97 Å². The molecule has 0 aliphatic heterocycles. The molecule has 0 radical (unpaired) electrons. The van der Waals surface area contributed by atoms with Crippen LogP contribution in [0.5, 0.6) is 0 Å². The van der Waals surface area contributed by atoms with Gasteiger partial charge in [-0.2, -0.15) is 0 Å². The molecule has 1 aromatic carbocycles. The average Bonchev–Trinajstić information content (AvgIpc) is 2.61. The third-order valence-corrected chi connectivity index (χ3v) is 4.89. The third-order valence-electron chi connectivity index (χ3n) is 4.89. The Bertz CT molecular complexity index is 636. The molecule has 1 unspecified atom stereocenters. The summed E-state index contributed by atoms with van der Waals surface area (Å²) in [5, 5.41) is 11.2. The van der Waals surface area contributed by atoms with E-state index in [9.17, 15) is 19.7 Å². The molecular weight excluding hydrogens is 310 g/mol. The molecule has 0 saturated heterocycles. The number of rotatable bonds is 6. The van der Waals surface area contributed by atoms with Crippen molar-refractivity contribution < 1.29 is 19.2 Å². The number of ether oxygens (including phenoxy) is 1. The minimum Gasteiger partial charge on any atom is -0.468 e. The molecule has 2 rings (SSSR count). The Morgan fingerprint density at radius 2 is 1.88 bits per heavy atom. The topological polar surface area (TPSA) is 86.5 Å². The normalized spacial score (nSPS) is 17.8. The SMILES string of the molecule is COC(=O)C(C)(Cc1ccccc1[N+](=O)[O-])C(=O)C1CCCCC1. The van der Waals surface area contributed by atoms with E-state index in [4.69, 9.17) is 4.74 Å². The van der Waals surface area contributed by atoms with Crippen LogP contribution in [0.2, 0.25) is 0 Å². The Labute approximate surface area is 141 Å². The molecule has 1 aliphatic rings. The van der Waals surface area contributed by atoms with E-state index in [-0.39, 0.29) is 23.8 Å². The van der Waals surface area contributed by atoms with Gasteiger partial charge in [-0.3, -0.25) is 19.7 Å². The maximum absolute atomic E-state index is 13.0. The lowest BCUT2D eigenvalue weighted by molar-refractivity contribution is -0.385. The largest absolute Gasteiger partial charge is 0.468 e. The summed E-state index contributed by atoms with van der Waals surface area (Å²) < 4.78 is 4.87. The van der Waals surface area contributed by atoms with Crippen molar-refractivity contribution in [2.75, 3.05) is 7.11 Å². The van der Waals surface area contributed by atoms with Gasteiger partial charge in [0.25, 0.3) is 5.69 Å². The average molecular weight is 333 g/mol. The quantitative estimate of drug-likeness (QED) is 0.344. The van der Waals surface area contributed by atoms with Gasteiger partial charge in [0, 0.05) is 24.0 Å². The maximum Gasteiger partial charge on any atom is 0.319 e. The lowest BCUT2D eigenvalue weighted by atomic mass is 9.71. The number of nitrogens with zero attached hydrogens (tertiary/aromatic N) is 1. The molecule has 0 spiro atoms. The van der Waals surface area contributed by atoms with Crippen molar-refractivity contribution in [2.45, 2.75) is 45.4 Å². The first-order valence-corrected chi connectivity index (χ1v) is 8.25. The fraction of sp³-hybridized carbons (Fsp3) is 0.556. The van der Waals surface area contributed by atoms with Gasteiger partial charge in [0.2, 0.25) is 0 Å². The number of nitro groups is 1. The van der Waals surface area contributed by atoms with Crippen molar-refractivity contribution in [3.63, 3.8) is 0 Å². The monoisotopic (exact) mass is 333 g/mol. The molecule has 0 heterocycles. The highest BCUT2D eigenvalue weighted by molar-refractivity contribution is 6.04. The number of ketones is 1. The van der Waals surface area contributed by atoms with E-state index in [0.717, 1.165) is 32.1 Å². The smallest absolute Gasteiger partial charge is 0.319 e. The van der Waals surface area contributed by atoms with E-state index in [2.05, 4.69) is 0 Å². The number of carbonyl (C=O) groups excluding carboxylic acids is 2. The fourth-order valence-electron chi connectivity index (χ4n) is 3.52. The molecule has 1 aromatic rings. The highest BCUT2D eigenvalue weighted by Crippen LogP contribution is 2.36. The molecule has 130 valence electrons. The molecule has 6 nitrogen and oxygen atoms in total. The summed E-state index contributed by atoms with van der Waals surface area (Å²) in [6.45, 7) is 1.55. The van der Waals surface area contributed by atoms with E-state index >= 15 is 0 Å². The van der Waals surface area contributed by atoms with Crippen molar-refractivity contribution in [1.82, 2.24) is 0 Å². The van der Waals surface area contributed by atoms with E-state index in [1.165, 1.54) is 13.2 Å². The first-order chi connectivity index (χ1) is 11.4. The fourth-order valence-corrected chi connectivity index (χ4v) is 3.52. The van der Waals surface area contributed by atoms with Crippen LogP contribution >= 0.6 is 0 Å². The van der Waals surface area contributed by atoms with Gasteiger partial charge in [0.05, 0.1) is 12.0 Å². The summed E-state index contributed by atoms with van der Waals surface area (Å²) in [6, 6.07) is 6.22. The number of para-hydroxylation sites is 1. The van der Waals surface area contributed by atoms with Crippen LogP contribution in [0.3, 0.4) is 0 Å². The summed E-state index contributed by atoms with van der Waals surface area (Å²) in [4.78, 5) is 36.2. The molecule has 1 fully saturated rings. The van der Waals surface area contributed by atoms with Crippen LogP contribution in [0.25, 0.3) is 0 Å². The van der Waals surface area contributed by atoms with Crippen molar-refractivity contribution in [2.24, 2.45) is 11.3 Å². The first-order valence-electron chi connectivity index (χ1n) is 8.25. The Morgan fingerprint density at radius 1 is 1.25 bits per heavy atom. The van der Waals surface area contributed by atoms with Crippen LogP contribution in [-0.4, -0.2) is 23.8 Å². The Kier molecular flexibility index (Phi) is 5.70. The highest BCUT2D eigenvalue weighted by atomic mass is 16.6. The number of methoxy groups -OCH3 is 1. The van der Waals surface area contributed by atoms with Crippen LogP contribution in [-0.2, 0) is 20.7 Å². The van der Waals surface area contributed by atoms with Crippen molar-refractivity contribution in [1.29, 1.82) is 0 Å². The van der Waals surface area contributed by atoms with Crippen LogP contribution in [0.15, 0.2) is 24.3 Å². The maximum atomic E-state index is 13.0. The number of hydrogen-bond donors (Lipinski definition) is 0. The van der Waals surface area contributed by atoms with Gasteiger partial charge in [-0.05, 0) is 19.8 Å². The van der Waals surface area contributed by atoms with Crippen molar-refractivity contribution >= 4 is 17.4 Å². The predicted octanol–water partition coefficient (Wildman–Crippen LogP) is 3.47. The Hall–Kier alpha value is -2.24. The molecule has 24 heavy (non-hydrogen) atoms. The molecule has 6 heteroatoms. The second-order valence-corrected chi connectivity index (χ2v) is 6.59. The number of hydrogen-bond acceptors (Lipinski definition) is 5. The minimum atomic E-state index is -1.40. The summed E-state index contributed by atoms with van der Waals surface area (Å²) >= 11 is 0. The summed E-state index contributed by atoms with van der Waals surface area (Å²) in [7, 11) is 1.24. The van der Waals surface area contributed by atoms with E-state index < -0.39 is 16.3 Å². The van der Waals surface area contributed by atoms with Gasteiger partial charge in [-0.1, -0.05) is 37.5 Å². The number of Topliss-reactive ketones (excluding diaryl/α,β-unsaturated/α-hetero) is 1. The van der Waals surface area contributed by atoms with Crippen LogP contribution in [0.4, 0.5) is 5.69 Å². The lowest BCUT2D eigenvalue weighted by Gasteiger charge is -2.31. The molecule has 1 saturated carbocycles. The van der Waals surface area contributed by atoms with Gasteiger partial charge in [-0.15, -0.1) is 0 Å². The van der Waals surface area contributed by atoms with Crippen LogP contribution < -0.4 is 0 Å². The van der Waals surface area contributed by atoms with Crippen molar-refractivity contribution in [3.05, 3.63) is 39.9 Å². The highest BCUT2D eigenvalue weighted by Gasteiger charge is 2.46. The molecule has 1 aliphatic carbocycles. The molecule has 0 aromatic heterocycles. The number of nitro benzene ring substituents is 1. The van der Waals surface area contributed by atoms with E-state index in [1.807, 2.05) is 0 Å². The summed E-state index contributed by atoms with van der Waals surface area (Å²) in [5.41, 5.74) is -1.10. The van der Waals surface area contributed by atoms with Gasteiger partial charge in [0.1, 0.15) is 5.41 Å². The Balaban J connectivity index is 2.36. The zero-order valence-electron chi connectivity index (χ0n) is 14.1. The second-order valence-electron chi connectivity index (χ2n) is 6.59. The third kappa shape index (κ3) is 3.63. The Morgan fingerprint density at radius 3 is 2.46 bits per heavy atom. The summed E-state index contributed by atoms with van der Waals surface area (Å²) in [6.07, 6.45) is 4.55. The van der Waals surface area contributed by atoms with Gasteiger partial charge in [0.15, 0.2) is 5.78 Å². The first kappa shape index (κ1) is 18.1.